The fourth-order valence-corrected chi connectivity index (χ4v) is 2.40. The molecule has 0 amide bonds. The summed E-state index contributed by atoms with van der Waals surface area (Å²) in [6, 6.07) is 7.19. The van der Waals surface area contributed by atoms with Crippen LogP contribution in [0.15, 0.2) is 36.4 Å². The normalized spacial score (nSPS) is 9.58. The summed E-state index contributed by atoms with van der Waals surface area (Å²) >= 11 is 1.59. The monoisotopic (exact) mass is 477 g/mol. The van der Waals surface area contributed by atoms with Crippen molar-refractivity contribution in [3.63, 3.8) is 0 Å². The van der Waals surface area contributed by atoms with E-state index >= 15 is 0 Å². The number of nitrogen functional groups attached to an aromatic ring is 1. The lowest BCUT2D eigenvalue weighted by Gasteiger charge is -1.96. The number of benzene rings is 2. The lowest BCUT2D eigenvalue weighted by Crippen LogP contribution is -2.00. The fraction of sp³-hybridized carbons (Fsp3) is 0. The third-order valence-electron chi connectivity index (χ3n) is 2.80. The molecule has 2 rings (SSSR count). The third-order valence-corrected chi connectivity index (χ3v) is 3.91. The Morgan fingerprint density at radius 3 is 1.19 bits per heavy atom. The first-order valence-electron chi connectivity index (χ1n) is 6.32. The molecule has 0 radical (unpaired) electrons. The van der Waals surface area contributed by atoms with E-state index in [9.17, 15) is 40.5 Å². The van der Waals surface area contributed by atoms with Gasteiger partial charge in [0, 0.05) is 24.3 Å². The molecule has 0 spiro atoms. The van der Waals surface area contributed by atoms with Gasteiger partial charge < -0.3 is 5.73 Å². The molecule has 0 atom stereocenters. The number of anilines is 1. The smallest absolute Gasteiger partial charge is 0.299 e. The quantitative estimate of drug-likeness (QED) is 0.297. The minimum atomic E-state index is -0.762. The van der Waals surface area contributed by atoms with Crippen molar-refractivity contribution in [3.8, 4) is 0 Å². The van der Waals surface area contributed by atoms with Crippen molar-refractivity contribution in [2.45, 2.75) is 0 Å². The number of halogens is 1. The van der Waals surface area contributed by atoms with Crippen LogP contribution in [0, 0.1) is 44.0 Å². The minimum absolute atomic E-state index is 0.0510. The summed E-state index contributed by atoms with van der Waals surface area (Å²) in [7, 11) is 0. The lowest BCUT2D eigenvalue weighted by atomic mass is 10.2. The average molecular weight is 477 g/mol. The van der Waals surface area contributed by atoms with Crippen molar-refractivity contribution < 1.29 is 19.7 Å². The van der Waals surface area contributed by atoms with Gasteiger partial charge in [-0.25, -0.2) is 0 Å². The van der Waals surface area contributed by atoms with Gasteiger partial charge in [0.15, 0.2) is 9.26 Å². The zero-order chi connectivity index (χ0) is 20.0. The van der Waals surface area contributed by atoms with Crippen LogP contribution >= 0.6 is 22.6 Å². The summed E-state index contributed by atoms with van der Waals surface area (Å²) in [5.41, 5.74) is 3.40. The van der Waals surface area contributed by atoms with Crippen LogP contribution in [-0.4, -0.2) is 19.7 Å². The van der Waals surface area contributed by atoms with Crippen molar-refractivity contribution in [1.29, 1.82) is 0 Å². The van der Waals surface area contributed by atoms with Crippen molar-refractivity contribution in [2.75, 3.05) is 5.73 Å². The Bertz CT molecular complexity index is 765. The van der Waals surface area contributed by atoms with Gasteiger partial charge in [-0.2, -0.15) is 0 Å². The van der Waals surface area contributed by atoms with Crippen LogP contribution in [0.1, 0.15) is 0 Å². The van der Waals surface area contributed by atoms with E-state index in [0.717, 1.165) is 12.1 Å². The summed E-state index contributed by atoms with van der Waals surface area (Å²) in [6.07, 6.45) is 0. The number of nitro benzene ring substituents is 4. The highest BCUT2D eigenvalue weighted by molar-refractivity contribution is 14.1. The maximum atomic E-state index is 10.4. The molecule has 0 fully saturated rings. The molecule has 0 unspecified atom stereocenters. The molecule has 14 heteroatoms. The van der Waals surface area contributed by atoms with E-state index in [1.807, 2.05) is 0 Å². The Balaban J connectivity index is 0.000000260. The van der Waals surface area contributed by atoms with Crippen molar-refractivity contribution >= 4 is 51.0 Å². The van der Waals surface area contributed by atoms with E-state index in [2.05, 4.69) is 0 Å². The van der Waals surface area contributed by atoms with Gasteiger partial charge in [0.25, 0.3) is 22.7 Å². The van der Waals surface area contributed by atoms with E-state index in [4.69, 9.17) is 5.73 Å². The summed E-state index contributed by atoms with van der Waals surface area (Å²) < 4.78 is 0.0510. The molecular formula is C12H8IN5O8. The molecule has 2 aromatic carbocycles. The first kappa shape index (κ1) is 20.6. The van der Waals surface area contributed by atoms with Gasteiger partial charge in [0.05, 0.1) is 19.7 Å². The number of nitro groups is 4. The van der Waals surface area contributed by atoms with Gasteiger partial charge in [0.2, 0.25) is 0 Å². The Hall–Kier alpha value is -3.43. The van der Waals surface area contributed by atoms with Crippen molar-refractivity contribution in [3.05, 3.63) is 80.4 Å². The average Bonchev–Trinajstić information content (AvgIpc) is 2.54. The van der Waals surface area contributed by atoms with Gasteiger partial charge in [-0.1, -0.05) is 0 Å². The van der Waals surface area contributed by atoms with Crippen LogP contribution in [-0.2, 0) is 0 Å². The highest BCUT2D eigenvalue weighted by Crippen LogP contribution is 2.30. The Morgan fingerprint density at radius 1 is 0.654 bits per heavy atom. The van der Waals surface area contributed by atoms with Crippen molar-refractivity contribution in [2.24, 2.45) is 0 Å². The Labute approximate surface area is 157 Å². The van der Waals surface area contributed by atoms with Crippen LogP contribution < -0.4 is 5.73 Å². The van der Waals surface area contributed by atoms with E-state index in [1.54, 1.807) is 22.6 Å². The molecule has 0 bridgehead atoms. The number of hydrogen-bond donors (Lipinski definition) is 1. The topological polar surface area (TPSA) is 199 Å². The molecule has 26 heavy (non-hydrogen) atoms. The SMILES string of the molecule is Nc1c([N+](=O)[O-])cccc1[N+](=O)[O-].O=[N+]([O-])c1cccc([N+](=O)[O-])c1I. The zero-order valence-corrected chi connectivity index (χ0v) is 14.6. The second kappa shape index (κ2) is 8.60. The molecule has 0 aromatic heterocycles. The highest BCUT2D eigenvalue weighted by Gasteiger charge is 2.22. The molecule has 0 aliphatic carbocycles. The maximum Gasteiger partial charge on any atom is 0.299 e. The van der Waals surface area contributed by atoms with Crippen LogP contribution in [0.25, 0.3) is 0 Å². The second-order valence-corrected chi connectivity index (χ2v) is 5.43. The number of para-hydroxylation sites is 1. The van der Waals surface area contributed by atoms with E-state index < -0.39 is 36.8 Å². The predicted octanol–water partition coefficient (Wildman–Crippen LogP) is 3.19. The van der Waals surface area contributed by atoms with Crippen LogP contribution in [0.2, 0.25) is 0 Å². The predicted molar refractivity (Wildman–Crippen MR) is 96.6 cm³/mol. The molecule has 0 aliphatic rings. The van der Waals surface area contributed by atoms with Gasteiger partial charge in [-0.05, 0) is 34.7 Å². The second-order valence-electron chi connectivity index (χ2n) is 4.35. The molecule has 0 aliphatic heterocycles. The Morgan fingerprint density at radius 2 is 0.923 bits per heavy atom. The maximum absolute atomic E-state index is 10.4. The van der Waals surface area contributed by atoms with Gasteiger partial charge >= 0.3 is 0 Å². The Kier molecular flexibility index (Phi) is 6.82. The number of rotatable bonds is 4. The van der Waals surface area contributed by atoms with Crippen LogP contribution in [0.5, 0.6) is 0 Å². The first-order valence-corrected chi connectivity index (χ1v) is 7.40. The fourth-order valence-electron chi connectivity index (χ4n) is 1.65. The van der Waals surface area contributed by atoms with Crippen LogP contribution in [0.4, 0.5) is 28.4 Å². The minimum Gasteiger partial charge on any atom is -0.388 e. The molecule has 0 saturated carbocycles. The largest absolute Gasteiger partial charge is 0.388 e. The summed E-state index contributed by atoms with van der Waals surface area (Å²) in [5.74, 6) is 0. The summed E-state index contributed by atoms with van der Waals surface area (Å²) in [5, 5.41) is 41.3. The standard InChI is InChI=1S/C6H3IN2O4.C6H5N3O4/c2*7-6-4(8(10)11)2-1-3-5(6)9(12)13/h1-3H;1-3H,7H2. The molecule has 13 nitrogen and oxygen atoms in total. The highest BCUT2D eigenvalue weighted by atomic mass is 127. The van der Waals surface area contributed by atoms with Gasteiger partial charge in [-0.3, -0.25) is 40.5 Å². The summed E-state index contributed by atoms with van der Waals surface area (Å²) in [6.45, 7) is 0. The zero-order valence-electron chi connectivity index (χ0n) is 12.5. The molecule has 136 valence electrons. The van der Waals surface area contributed by atoms with Crippen LogP contribution in [0.3, 0.4) is 0 Å². The van der Waals surface area contributed by atoms with E-state index in [0.29, 0.717) is 0 Å². The van der Waals surface area contributed by atoms with E-state index in [-0.39, 0.29) is 14.9 Å². The number of nitrogens with zero attached hydrogens (tertiary/aromatic N) is 4. The van der Waals surface area contributed by atoms with Gasteiger partial charge in [0.1, 0.15) is 0 Å². The molecule has 0 heterocycles. The van der Waals surface area contributed by atoms with E-state index in [1.165, 1.54) is 24.3 Å². The molecule has 2 N–H and O–H groups in total. The van der Waals surface area contributed by atoms with Gasteiger partial charge in [-0.15, -0.1) is 0 Å². The molecule has 0 saturated heterocycles. The molecular weight excluding hydrogens is 469 g/mol. The lowest BCUT2D eigenvalue weighted by molar-refractivity contribution is -0.396. The molecule has 2 aromatic rings. The summed E-state index contributed by atoms with van der Waals surface area (Å²) in [4.78, 5) is 38.5. The number of hydrogen-bond acceptors (Lipinski definition) is 9. The van der Waals surface area contributed by atoms with Crippen molar-refractivity contribution in [1.82, 2.24) is 0 Å². The number of nitrogens with two attached hydrogens (primary N) is 1. The first-order chi connectivity index (χ1) is 12.1. The third kappa shape index (κ3) is 4.79.